The molecule has 1 aromatic carbocycles. The van der Waals surface area contributed by atoms with E-state index < -0.39 is 0 Å². The molecule has 0 radical (unpaired) electrons. The van der Waals surface area contributed by atoms with Crippen LogP contribution in [-0.4, -0.2) is 45.0 Å². The maximum absolute atomic E-state index is 13.7. The molecule has 8 heteroatoms. The lowest BCUT2D eigenvalue weighted by Gasteiger charge is -2.29. The first kappa shape index (κ1) is 20.7. The van der Waals surface area contributed by atoms with Crippen LogP contribution in [-0.2, 0) is 0 Å². The second-order valence-electron chi connectivity index (χ2n) is 8.03. The van der Waals surface area contributed by atoms with Crippen LogP contribution in [0, 0.1) is 5.82 Å². The Kier molecular flexibility index (Phi) is 5.87. The van der Waals surface area contributed by atoms with Crippen LogP contribution in [0.5, 0.6) is 0 Å². The largest absolute Gasteiger partial charge is 0.340 e. The molecular formula is C24H23FN6S. The van der Waals surface area contributed by atoms with Crippen LogP contribution >= 0.6 is 11.3 Å². The smallest absolute Gasteiger partial charge is 0.135 e. The highest BCUT2D eigenvalue weighted by molar-refractivity contribution is 7.13. The van der Waals surface area contributed by atoms with Gasteiger partial charge in [0.1, 0.15) is 22.5 Å². The van der Waals surface area contributed by atoms with E-state index in [0.717, 1.165) is 53.6 Å². The van der Waals surface area contributed by atoms with Crippen molar-refractivity contribution in [2.45, 2.75) is 18.8 Å². The molecule has 1 N–H and O–H groups in total. The molecule has 1 aliphatic heterocycles. The van der Waals surface area contributed by atoms with Crippen molar-refractivity contribution < 1.29 is 4.39 Å². The Hall–Kier alpha value is -3.23. The van der Waals surface area contributed by atoms with E-state index >= 15 is 0 Å². The van der Waals surface area contributed by atoms with Crippen LogP contribution < -0.4 is 5.32 Å². The second kappa shape index (κ2) is 9.10. The minimum absolute atomic E-state index is 0.247. The molecule has 3 aromatic heterocycles. The number of halogens is 1. The first-order chi connectivity index (χ1) is 15.6. The molecule has 5 rings (SSSR count). The lowest BCUT2D eigenvalue weighted by Crippen LogP contribution is -2.31. The Morgan fingerprint density at radius 3 is 2.84 bits per heavy atom. The minimum Gasteiger partial charge on any atom is -0.340 e. The van der Waals surface area contributed by atoms with Gasteiger partial charge in [0.15, 0.2) is 0 Å². The number of benzene rings is 1. The van der Waals surface area contributed by atoms with Crippen LogP contribution in [0.3, 0.4) is 0 Å². The molecule has 1 atom stereocenters. The molecule has 1 saturated heterocycles. The summed E-state index contributed by atoms with van der Waals surface area (Å²) in [6, 6.07) is 10.3. The molecule has 4 heterocycles. The fourth-order valence-electron chi connectivity index (χ4n) is 4.01. The van der Waals surface area contributed by atoms with Gasteiger partial charge < -0.3 is 10.2 Å². The normalized spacial score (nSPS) is 16.8. The Labute approximate surface area is 190 Å². The van der Waals surface area contributed by atoms with E-state index in [-0.39, 0.29) is 11.7 Å². The number of piperidine rings is 1. The standard InChI is InChI=1S/C24H23FN6S/c1-31-8-3-4-16(15-31)23-29-21(12-22(30-23)28-20-6-2-5-19(25)11-20)17-10-18(14-26-13-17)24-27-7-9-32-24/h2,5-7,9-14,16H,3-4,8,15H2,1H3,(H,28,29,30). The molecule has 1 fully saturated rings. The zero-order chi connectivity index (χ0) is 21.9. The molecule has 162 valence electrons. The van der Waals surface area contributed by atoms with Gasteiger partial charge in [0.05, 0.1) is 5.69 Å². The lowest BCUT2D eigenvalue weighted by molar-refractivity contribution is 0.246. The van der Waals surface area contributed by atoms with Crippen molar-refractivity contribution in [2.75, 3.05) is 25.5 Å². The molecule has 1 unspecified atom stereocenters. The van der Waals surface area contributed by atoms with E-state index in [1.807, 2.05) is 29.9 Å². The van der Waals surface area contributed by atoms with Gasteiger partial charge in [-0.25, -0.2) is 19.3 Å². The average molecular weight is 447 g/mol. The Bertz CT molecular complexity index is 1210. The fraction of sp³-hybridized carbons (Fsp3) is 0.250. The topological polar surface area (TPSA) is 66.8 Å². The first-order valence-electron chi connectivity index (χ1n) is 10.6. The highest BCUT2D eigenvalue weighted by atomic mass is 32.1. The Balaban J connectivity index is 1.55. The van der Waals surface area contributed by atoms with Crippen LogP contribution in [0.1, 0.15) is 24.6 Å². The number of nitrogens with one attached hydrogen (secondary N) is 1. The molecular weight excluding hydrogens is 423 g/mol. The third-order valence-corrected chi connectivity index (χ3v) is 6.37. The van der Waals surface area contributed by atoms with E-state index in [4.69, 9.17) is 9.97 Å². The second-order valence-corrected chi connectivity index (χ2v) is 8.93. The van der Waals surface area contributed by atoms with Crippen molar-refractivity contribution >= 4 is 22.8 Å². The predicted octanol–water partition coefficient (Wildman–Crippen LogP) is 5.35. The van der Waals surface area contributed by atoms with Gasteiger partial charge >= 0.3 is 0 Å². The summed E-state index contributed by atoms with van der Waals surface area (Å²) in [5.74, 6) is 1.40. The third-order valence-electron chi connectivity index (χ3n) is 5.54. The summed E-state index contributed by atoms with van der Waals surface area (Å²) in [7, 11) is 2.13. The summed E-state index contributed by atoms with van der Waals surface area (Å²) >= 11 is 1.58. The van der Waals surface area contributed by atoms with Gasteiger partial charge in [0.25, 0.3) is 0 Å². The van der Waals surface area contributed by atoms with Gasteiger partial charge in [-0.15, -0.1) is 11.3 Å². The van der Waals surface area contributed by atoms with E-state index in [2.05, 4.69) is 33.3 Å². The van der Waals surface area contributed by atoms with Crippen LogP contribution in [0.4, 0.5) is 15.9 Å². The fourth-order valence-corrected chi connectivity index (χ4v) is 4.63. The minimum atomic E-state index is -0.293. The van der Waals surface area contributed by atoms with Crippen molar-refractivity contribution in [3.05, 3.63) is 72.0 Å². The van der Waals surface area contributed by atoms with Crippen LogP contribution in [0.2, 0.25) is 0 Å². The number of hydrogen-bond acceptors (Lipinski definition) is 7. The highest BCUT2D eigenvalue weighted by Crippen LogP contribution is 2.30. The van der Waals surface area contributed by atoms with Crippen LogP contribution in [0.15, 0.2) is 60.4 Å². The van der Waals surface area contributed by atoms with Crippen molar-refractivity contribution in [3.8, 4) is 21.8 Å². The molecule has 0 bridgehead atoms. The number of aromatic nitrogens is 4. The summed E-state index contributed by atoms with van der Waals surface area (Å²) in [6.07, 6.45) is 7.57. The van der Waals surface area contributed by atoms with E-state index in [1.54, 1.807) is 23.6 Å². The third kappa shape index (κ3) is 4.66. The predicted molar refractivity (Wildman–Crippen MR) is 126 cm³/mol. The zero-order valence-electron chi connectivity index (χ0n) is 17.7. The summed E-state index contributed by atoms with van der Waals surface area (Å²) in [4.78, 5) is 20.9. The Morgan fingerprint density at radius 1 is 1.12 bits per heavy atom. The number of hydrogen-bond donors (Lipinski definition) is 1. The summed E-state index contributed by atoms with van der Waals surface area (Å²) < 4.78 is 13.7. The van der Waals surface area contributed by atoms with Gasteiger partial charge in [-0.2, -0.15) is 0 Å². The molecule has 6 nitrogen and oxygen atoms in total. The van der Waals surface area contributed by atoms with Gasteiger partial charge in [0, 0.05) is 59.3 Å². The molecule has 0 aliphatic carbocycles. The number of nitrogens with zero attached hydrogens (tertiary/aromatic N) is 5. The van der Waals surface area contributed by atoms with Gasteiger partial charge in [-0.05, 0) is 50.7 Å². The maximum atomic E-state index is 13.7. The maximum Gasteiger partial charge on any atom is 0.135 e. The van der Waals surface area contributed by atoms with Gasteiger partial charge in [0.2, 0.25) is 0 Å². The quantitative estimate of drug-likeness (QED) is 0.446. The van der Waals surface area contributed by atoms with E-state index in [1.165, 1.54) is 12.1 Å². The summed E-state index contributed by atoms with van der Waals surface area (Å²) in [6.45, 7) is 2.00. The molecule has 0 spiro atoms. The number of anilines is 2. The summed E-state index contributed by atoms with van der Waals surface area (Å²) in [5, 5.41) is 6.12. The summed E-state index contributed by atoms with van der Waals surface area (Å²) in [5.41, 5.74) is 3.28. The average Bonchev–Trinajstić information content (AvgIpc) is 3.34. The van der Waals surface area contributed by atoms with Gasteiger partial charge in [-0.1, -0.05) is 6.07 Å². The zero-order valence-corrected chi connectivity index (χ0v) is 18.5. The molecule has 4 aromatic rings. The monoisotopic (exact) mass is 446 g/mol. The lowest BCUT2D eigenvalue weighted by atomic mass is 9.97. The van der Waals surface area contributed by atoms with Crippen molar-refractivity contribution in [2.24, 2.45) is 0 Å². The van der Waals surface area contributed by atoms with Crippen LogP contribution in [0.25, 0.3) is 21.8 Å². The van der Waals surface area contributed by atoms with E-state index in [9.17, 15) is 4.39 Å². The van der Waals surface area contributed by atoms with Crippen molar-refractivity contribution in [1.82, 2.24) is 24.8 Å². The number of rotatable bonds is 5. The molecule has 1 aliphatic rings. The number of likely N-dealkylation sites (tertiary alicyclic amines) is 1. The SMILES string of the molecule is CN1CCCC(c2nc(Nc3cccc(F)c3)cc(-c3cncc(-c4nccs4)c3)n2)C1. The first-order valence-corrected chi connectivity index (χ1v) is 11.5. The number of likely N-dealkylation sites (N-methyl/N-ethyl adjacent to an activating group) is 1. The van der Waals surface area contributed by atoms with Gasteiger partial charge in [-0.3, -0.25) is 4.98 Å². The van der Waals surface area contributed by atoms with Crippen molar-refractivity contribution in [3.63, 3.8) is 0 Å². The molecule has 0 saturated carbocycles. The molecule has 0 amide bonds. The highest BCUT2D eigenvalue weighted by Gasteiger charge is 2.23. The molecule has 32 heavy (non-hydrogen) atoms. The Morgan fingerprint density at radius 2 is 2.03 bits per heavy atom. The number of pyridine rings is 1. The van der Waals surface area contributed by atoms with E-state index in [0.29, 0.717) is 11.5 Å². The number of thiazole rings is 1. The van der Waals surface area contributed by atoms with Crippen molar-refractivity contribution in [1.29, 1.82) is 0 Å².